The van der Waals surface area contributed by atoms with E-state index in [-0.39, 0.29) is 17.5 Å². The van der Waals surface area contributed by atoms with Crippen molar-refractivity contribution in [1.82, 2.24) is 5.43 Å². The van der Waals surface area contributed by atoms with Gasteiger partial charge < -0.3 is 4.90 Å². The molecule has 0 fully saturated rings. The topological polar surface area (TPSA) is 58.4 Å². The first-order chi connectivity index (χ1) is 10.4. The third-order valence-corrected chi connectivity index (χ3v) is 4.77. The highest BCUT2D eigenvalue weighted by molar-refractivity contribution is 5.86. The van der Waals surface area contributed by atoms with Crippen molar-refractivity contribution in [2.24, 2.45) is 5.84 Å². The number of amides is 1. The van der Waals surface area contributed by atoms with E-state index in [4.69, 9.17) is 5.84 Å². The Kier molecular flexibility index (Phi) is 5.12. The lowest BCUT2D eigenvalue weighted by molar-refractivity contribution is -0.123. The standard InChI is InChI=1S/C18H29N3O/c1-5-6-10-16(17(22)20-19)21-15-11-8-7-9-14(15)13(2)12-18(21,3)4/h7-9,11,13,16H,5-6,10,12,19H2,1-4H3,(H,20,22)/t13-,16-/m1/s1. The first kappa shape index (κ1) is 16.8. The van der Waals surface area contributed by atoms with Crippen LogP contribution < -0.4 is 16.2 Å². The van der Waals surface area contributed by atoms with E-state index in [1.807, 2.05) is 0 Å². The van der Waals surface area contributed by atoms with Crippen LogP contribution in [0.4, 0.5) is 5.69 Å². The summed E-state index contributed by atoms with van der Waals surface area (Å²) in [5.41, 5.74) is 4.80. The molecule has 4 nitrogen and oxygen atoms in total. The van der Waals surface area contributed by atoms with Crippen LogP contribution in [0.5, 0.6) is 0 Å². The Bertz CT molecular complexity index is 527. The molecule has 2 atom stereocenters. The summed E-state index contributed by atoms with van der Waals surface area (Å²) in [6, 6.07) is 8.23. The van der Waals surface area contributed by atoms with Gasteiger partial charge in [-0.2, -0.15) is 0 Å². The number of unbranched alkanes of at least 4 members (excludes halogenated alkanes) is 1. The molecule has 122 valence electrons. The number of carbonyl (C=O) groups excluding carboxylic acids is 1. The number of para-hydroxylation sites is 1. The molecule has 0 saturated carbocycles. The molecule has 0 saturated heterocycles. The van der Waals surface area contributed by atoms with Gasteiger partial charge in [-0.05, 0) is 44.2 Å². The number of nitrogens with zero attached hydrogens (tertiary/aromatic N) is 1. The van der Waals surface area contributed by atoms with Gasteiger partial charge in [-0.15, -0.1) is 0 Å². The fraction of sp³-hybridized carbons (Fsp3) is 0.611. The molecule has 1 aromatic carbocycles. The summed E-state index contributed by atoms with van der Waals surface area (Å²) in [5, 5.41) is 0. The Labute approximate surface area is 134 Å². The van der Waals surface area contributed by atoms with Crippen LogP contribution in [0.2, 0.25) is 0 Å². The predicted molar refractivity (Wildman–Crippen MR) is 91.7 cm³/mol. The van der Waals surface area contributed by atoms with E-state index in [9.17, 15) is 4.79 Å². The van der Waals surface area contributed by atoms with Crippen molar-refractivity contribution in [2.45, 2.75) is 70.9 Å². The first-order valence-corrected chi connectivity index (χ1v) is 8.31. The molecule has 0 spiro atoms. The highest BCUT2D eigenvalue weighted by atomic mass is 16.2. The van der Waals surface area contributed by atoms with Gasteiger partial charge >= 0.3 is 0 Å². The molecule has 4 heteroatoms. The number of nitrogens with two attached hydrogens (primary N) is 1. The number of nitrogens with one attached hydrogen (secondary N) is 1. The number of hydrazine groups is 1. The van der Waals surface area contributed by atoms with E-state index in [1.165, 1.54) is 11.3 Å². The molecule has 22 heavy (non-hydrogen) atoms. The second kappa shape index (κ2) is 6.69. The van der Waals surface area contributed by atoms with E-state index in [2.05, 4.69) is 62.3 Å². The van der Waals surface area contributed by atoms with Crippen LogP contribution in [-0.4, -0.2) is 17.5 Å². The molecule has 0 unspecified atom stereocenters. The average molecular weight is 303 g/mol. The lowest BCUT2D eigenvalue weighted by Gasteiger charge is -2.50. The molecule has 1 amide bonds. The van der Waals surface area contributed by atoms with Crippen LogP contribution in [0.1, 0.15) is 64.9 Å². The van der Waals surface area contributed by atoms with Crippen molar-refractivity contribution < 1.29 is 4.79 Å². The molecule has 1 aliphatic heterocycles. The number of rotatable bonds is 5. The summed E-state index contributed by atoms with van der Waals surface area (Å²) in [7, 11) is 0. The molecule has 0 radical (unpaired) electrons. The van der Waals surface area contributed by atoms with Crippen LogP contribution in [0, 0.1) is 0 Å². The van der Waals surface area contributed by atoms with Gasteiger partial charge in [-0.1, -0.05) is 44.9 Å². The summed E-state index contributed by atoms with van der Waals surface area (Å²) in [6.07, 6.45) is 3.94. The van der Waals surface area contributed by atoms with Gasteiger partial charge in [0.15, 0.2) is 0 Å². The van der Waals surface area contributed by atoms with Gasteiger partial charge in [0.2, 0.25) is 0 Å². The van der Waals surface area contributed by atoms with Crippen molar-refractivity contribution in [3.8, 4) is 0 Å². The Morgan fingerprint density at radius 2 is 2.14 bits per heavy atom. The third-order valence-electron chi connectivity index (χ3n) is 4.77. The Morgan fingerprint density at radius 3 is 2.77 bits per heavy atom. The Morgan fingerprint density at radius 1 is 1.45 bits per heavy atom. The van der Waals surface area contributed by atoms with Crippen molar-refractivity contribution in [1.29, 1.82) is 0 Å². The SMILES string of the molecule is CCCC[C@H](C(=O)NN)N1c2ccccc2[C@H](C)CC1(C)C. The van der Waals surface area contributed by atoms with Crippen LogP contribution >= 0.6 is 0 Å². The van der Waals surface area contributed by atoms with Crippen molar-refractivity contribution in [2.75, 3.05) is 4.90 Å². The zero-order valence-electron chi connectivity index (χ0n) is 14.2. The number of fused-ring (bicyclic) bond motifs is 1. The second-order valence-electron chi connectivity index (χ2n) is 7.01. The van der Waals surface area contributed by atoms with Crippen LogP contribution in [0.15, 0.2) is 24.3 Å². The zero-order valence-corrected chi connectivity index (χ0v) is 14.2. The van der Waals surface area contributed by atoms with E-state index >= 15 is 0 Å². The summed E-state index contributed by atoms with van der Waals surface area (Å²) in [6.45, 7) is 8.86. The Balaban J connectivity index is 2.48. The van der Waals surface area contributed by atoms with Crippen LogP contribution in [0.3, 0.4) is 0 Å². The normalized spacial score (nSPS) is 21.1. The molecule has 2 rings (SSSR count). The highest BCUT2D eigenvalue weighted by Crippen LogP contribution is 2.44. The Hall–Kier alpha value is -1.55. The van der Waals surface area contributed by atoms with Gasteiger partial charge in [-0.3, -0.25) is 10.2 Å². The monoisotopic (exact) mass is 303 g/mol. The van der Waals surface area contributed by atoms with Crippen molar-refractivity contribution in [3.63, 3.8) is 0 Å². The average Bonchev–Trinajstić information content (AvgIpc) is 2.49. The zero-order chi connectivity index (χ0) is 16.3. The number of hydrogen-bond acceptors (Lipinski definition) is 3. The van der Waals surface area contributed by atoms with E-state index in [0.29, 0.717) is 5.92 Å². The number of hydrogen-bond donors (Lipinski definition) is 2. The quantitative estimate of drug-likeness (QED) is 0.498. The highest BCUT2D eigenvalue weighted by Gasteiger charge is 2.41. The van der Waals surface area contributed by atoms with E-state index in [0.717, 1.165) is 25.7 Å². The molecule has 0 bridgehead atoms. The molecular formula is C18H29N3O. The predicted octanol–water partition coefficient (Wildman–Crippen LogP) is 3.33. The fourth-order valence-electron chi connectivity index (χ4n) is 3.87. The first-order valence-electron chi connectivity index (χ1n) is 8.31. The minimum absolute atomic E-state index is 0.0707. The van der Waals surface area contributed by atoms with Gasteiger partial charge in [-0.25, -0.2) is 5.84 Å². The minimum Gasteiger partial charge on any atom is -0.354 e. The largest absolute Gasteiger partial charge is 0.354 e. The lowest BCUT2D eigenvalue weighted by atomic mass is 9.78. The third kappa shape index (κ3) is 3.12. The molecule has 1 aromatic rings. The smallest absolute Gasteiger partial charge is 0.256 e. The maximum absolute atomic E-state index is 12.4. The van der Waals surface area contributed by atoms with Crippen molar-refractivity contribution >= 4 is 11.6 Å². The number of benzene rings is 1. The maximum Gasteiger partial charge on any atom is 0.256 e. The summed E-state index contributed by atoms with van der Waals surface area (Å²) in [4.78, 5) is 14.7. The number of anilines is 1. The van der Waals surface area contributed by atoms with Crippen molar-refractivity contribution in [3.05, 3.63) is 29.8 Å². The maximum atomic E-state index is 12.4. The molecule has 0 aliphatic carbocycles. The van der Waals surface area contributed by atoms with Crippen LogP contribution in [0.25, 0.3) is 0 Å². The fourth-order valence-corrected chi connectivity index (χ4v) is 3.87. The van der Waals surface area contributed by atoms with Crippen LogP contribution in [-0.2, 0) is 4.79 Å². The second-order valence-corrected chi connectivity index (χ2v) is 7.01. The van der Waals surface area contributed by atoms with Gasteiger partial charge in [0.1, 0.15) is 6.04 Å². The summed E-state index contributed by atoms with van der Waals surface area (Å²) < 4.78 is 0. The van der Waals surface area contributed by atoms with Gasteiger partial charge in [0.05, 0.1) is 0 Å². The number of carbonyl (C=O) groups is 1. The molecule has 1 aliphatic rings. The molecular weight excluding hydrogens is 274 g/mol. The summed E-state index contributed by atoms with van der Waals surface area (Å²) in [5.74, 6) is 5.86. The molecule has 3 N–H and O–H groups in total. The van der Waals surface area contributed by atoms with E-state index < -0.39 is 0 Å². The molecule has 1 heterocycles. The van der Waals surface area contributed by atoms with Gasteiger partial charge in [0.25, 0.3) is 5.91 Å². The minimum atomic E-state index is -0.214. The summed E-state index contributed by atoms with van der Waals surface area (Å²) >= 11 is 0. The molecule has 0 aromatic heterocycles. The van der Waals surface area contributed by atoms with E-state index in [1.54, 1.807) is 0 Å². The van der Waals surface area contributed by atoms with Gasteiger partial charge in [0, 0.05) is 11.2 Å². The lowest BCUT2D eigenvalue weighted by Crippen LogP contribution is -2.59.